The van der Waals surface area contributed by atoms with Crippen molar-refractivity contribution in [3.8, 4) is 0 Å². The third kappa shape index (κ3) is 6.60. The molecular weight excluding hydrogens is 294 g/mol. The van der Waals surface area contributed by atoms with E-state index in [9.17, 15) is 9.59 Å². The van der Waals surface area contributed by atoms with Gasteiger partial charge in [0.2, 0.25) is 0 Å². The Hall–Kier alpha value is -1.59. The van der Waals surface area contributed by atoms with Crippen LogP contribution in [0.5, 0.6) is 0 Å². The van der Waals surface area contributed by atoms with E-state index in [1.807, 2.05) is 20.8 Å². The first kappa shape index (κ1) is 17.5. The summed E-state index contributed by atoms with van der Waals surface area (Å²) in [5, 5.41) is 12.1. The lowest BCUT2D eigenvalue weighted by molar-refractivity contribution is -0.140. The highest BCUT2D eigenvalue weighted by molar-refractivity contribution is 6.30. The third-order valence-electron chi connectivity index (χ3n) is 2.65. The number of carboxylic acid groups (broad SMARTS) is 1. The molecule has 0 saturated carbocycles. The molecule has 0 spiro atoms. The molecule has 1 rings (SSSR count). The monoisotopic (exact) mass is 313 g/mol. The Kier molecular flexibility index (Phi) is 6.18. The number of carbonyl (C=O) groups excluding carboxylic acids is 1. The van der Waals surface area contributed by atoms with E-state index in [0.29, 0.717) is 10.6 Å². The van der Waals surface area contributed by atoms with Gasteiger partial charge in [-0.05, 0) is 45.0 Å². The topological polar surface area (TPSA) is 75.6 Å². The number of ether oxygens (including phenoxy) is 1. The summed E-state index contributed by atoms with van der Waals surface area (Å²) in [7, 11) is 0. The van der Waals surface area contributed by atoms with Crippen LogP contribution in [0.3, 0.4) is 0 Å². The van der Waals surface area contributed by atoms with E-state index in [1.54, 1.807) is 24.3 Å². The van der Waals surface area contributed by atoms with Gasteiger partial charge in [-0.1, -0.05) is 11.6 Å². The van der Waals surface area contributed by atoms with E-state index in [0.717, 1.165) is 0 Å². The molecule has 1 atom stereocenters. The molecular formula is C15H20ClNO4. The minimum Gasteiger partial charge on any atom is -0.480 e. The zero-order valence-electron chi connectivity index (χ0n) is 12.4. The molecule has 1 amide bonds. The number of carbonyl (C=O) groups is 2. The summed E-state index contributed by atoms with van der Waals surface area (Å²) in [5.41, 5.74) is 0.0193. The van der Waals surface area contributed by atoms with Crippen LogP contribution in [0, 0.1) is 0 Å². The van der Waals surface area contributed by atoms with Gasteiger partial charge in [0.1, 0.15) is 6.04 Å². The highest BCUT2D eigenvalue weighted by atomic mass is 35.5. The van der Waals surface area contributed by atoms with Crippen molar-refractivity contribution in [1.82, 2.24) is 5.32 Å². The number of hydrogen-bond acceptors (Lipinski definition) is 3. The molecule has 116 valence electrons. The summed E-state index contributed by atoms with van der Waals surface area (Å²) in [6.45, 7) is 5.90. The molecule has 0 aliphatic carbocycles. The van der Waals surface area contributed by atoms with Gasteiger partial charge in [0.15, 0.2) is 0 Å². The Balaban J connectivity index is 2.59. The van der Waals surface area contributed by atoms with E-state index >= 15 is 0 Å². The zero-order chi connectivity index (χ0) is 16.0. The maximum Gasteiger partial charge on any atom is 0.326 e. The Bertz CT molecular complexity index is 493. The number of halogens is 1. The normalized spacial score (nSPS) is 12.8. The average Bonchev–Trinajstić information content (AvgIpc) is 2.36. The van der Waals surface area contributed by atoms with Crippen molar-refractivity contribution in [2.24, 2.45) is 0 Å². The highest BCUT2D eigenvalue weighted by Crippen LogP contribution is 2.11. The third-order valence-corrected chi connectivity index (χ3v) is 2.90. The Morgan fingerprint density at radius 2 is 1.86 bits per heavy atom. The predicted octanol–water partition coefficient (Wildman–Crippen LogP) is 2.73. The number of nitrogens with one attached hydrogen (secondary N) is 1. The fourth-order valence-corrected chi connectivity index (χ4v) is 1.71. The first-order valence-corrected chi connectivity index (χ1v) is 7.00. The lowest BCUT2D eigenvalue weighted by Gasteiger charge is -2.21. The SMILES string of the molecule is CC(C)(C)OCCC(NC(=O)c1ccc(Cl)cc1)C(=O)O. The Labute approximate surface area is 129 Å². The molecule has 0 heterocycles. The van der Waals surface area contributed by atoms with Crippen LogP contribution in [0.2, 0.25) is 5.02 Å². The van der Waals surface area contributed by atoms with Crippen molar-refractivity contribution in [1.29, 1.82) is 0 Å². The van der Waals surface area contributed by atoms with E-state index in [-0.39, 0.29) is 18.6 Å². The zero-order valence-corrected chi connectivity index (χ0v) is 13.1. The van der Waals surface area contributed by atoms with Crippen LogP contribution < -0.4 is 5.32 Å². The van der Waals surface area contributed by atoms with E-state index in [4.69, 9.17) is 21.4 Å². The van der Waals surface area contributed by atoms with E-state index in [1.165, 1.54) is 0 Å². The van der Waals surface area contributed by atoms with Crippen molar-refractivity contribution >= 4 is 23.5 Å². The quantitative estimate of drug-likeness (QED) is 0.846. The second-order valence-electron chi connectivity index (χ2n) is 5.62. The number of aliphatic carboxylic acids is 1. The van der Waals surface area contributed by atoms with Crippen molar-refractivity contribution < 1.29 is 19.4 Å². The van der Waals surface area contributed by atoms with E-state index < -0.39 is 17.9 Å². The lowest BCUT2D eigenvalue weighted by Crippen LogP contribution is -2.42. The molecule has 21 heavy (non-hydrogen) atoms. The van der Waals surface area contributed by atoms with Crippen LogP contribution in [-0.4, -0.2) is 35.2 Å². The molecule has 5 nitrogen and oxygen atoms in total. The van der Waals surface area contributed by atoms with Gasteiger partial charge in [0, 0.05) is 23.6 Å². The highest BCUT2D eigenvalue weighted by Gasteiger charge is 2.21. The van der Waals surface area contributed by atoms with Gasteiger partial charge in [-0.2, -0.15) is 0 Å². The summed E-state index contributed by atoms with van der Waals surface area (Å²) < 4.78 is 5.48. The minimum atomic E-state index is -1.09. The van der Waals surface area contributed by atoms with Gasteiger partial charge in [-0.25, -0.2) is 4.79 Å². The first-order valence-electron chi connectivity index (χ1n) is 6.62. The standard InChI is InChI=1S/C15H20ClNO4/c1-15(2,3)21-9-8-12(14(19)20)17-13(18)10-4-6-11(16)7-5-10/h4-7,12H,8-9H2,1-3H3,(H,17,18)(H,19,20). The van der Waals surface area contributed by atoms with Crippen LogP contribution in [-0.2, 0) is 9.53 Å². The maximum absolute atomic E-state index is 12.0. The predicted molar refractivity (Wildman–Crippen MR) is 80.7 cm³/mol. The largest absolute Gasteiger partial charge is 0.480 e. The average molecular weight is 314 g/mol. The molecule has 0 fully saturated rings. The Morgan fingerprint density at radius 3 is 2.33 bits per heavy atom. The Morgan fingerprint density at radius 1 is 1.29 bits per heavy atom. The number of carboxylic acids is 1. The van der Waals surface area contributed by atoms with Gasteiger partial charge < -0.3 is 15.2 Å². The lowest BCUT2D eigenvalue weighted by atomic mass is 10.1. The number of amides is 1. The molecule has 1 aromatic rings. The van der Waals surface area contributed by atoms with Gasteiger partial charge in [-0.3, -0.25) is 4.79 Å². The van der Waals surface area contributed by atoms with Gasteiger partial charge >= 0.3 is 5.97 Å². The van der Waals surface area contributed by atoms with Crippen molar-refractivity contribution in [2.45, 2.75) is 38.8 Å². The summed E-state index contributed by atoms with van der Waals surface area (Å²) in [5.74, 6) is -1.54. The second kappa shape index (κ2) is 7.43. The van der Waals surface area contributed by atoms with Crippen LogP contribution in [0.1, 0.15) is 37.6 Å². The number of hydrogen-bond donors (Lipinski definition) is 2. The van der Waals surface area contributed by atoms with Crippen molar-refractivity contribution in [3.63, 3.8) is 0 Å². The number of rotatable bonds is 6. The minimum absolute atomic E-state index is 0.200. The molecule has 2 N–H and O–H groups in total. The molecule has 1 aromatic carbocycles. The molecule has 0 aliphatic rings. The molecule has 0 saturated heterocycles. The summed E-state index contributed by atoms with van der Waals surface area (Å²) in [4.78, 5) is 23.2. The molecule has 0 bridgehead atoms. The maximum atomic E-state index is 12.0. The molecule has 0 radical (unpaired) electrons. The fourth-order valence-electron chi connectivity index (χ4n) is 1.58. The van der Waals surface area contributed by atoms with Gasteiger partial charge in [0.05, 0.1) is 5.60 Å². The second-order valence-corrected chi connectivity index (χ2v) is 6.06. The summed E-state index contributed by atoms with van der Waals surface area (Å²) in [6.07, 6.45) is 0.200. The molecule has 0 aromatic heterocycles. The van der Waals surface area contributed by atoms with Crippen LogP contribution in [0.15, 0.2) is 24.3 Å². The van der Waals surface area contributed by atoms with Crippen molar-refractivity contribution in [3.05, 3.63) is 34.9 Å². The first-order chi connectivity index (χ1) is 9.69. The fraction of sp³-hybridized carbons (Fsp3) is 0.467. The molecule has 1 unspecified atom stereocenters. The smallest absolute Gasteiger partial charge is 0.326 e. The van der Waals surface area contributed by atoms with Crippen LogP contribution >= 0.6 is 11.6 Å². The van der Waals surface area contributed by atoms with Gasteiger partial charge in [-0.15, -0.1) is 0 Å². The summed E-state index contributed by atoms with van der Waals surface area (Å²) in [6, 6.07) is 5.25. The van der Waals surface area contributed by atoms with Crippen molar-refractivity contribution in [2.75, 3.05) is 6.61 Å². The van der Waals surface area contributed by atoms with Gasteiger partial charge in [0.25, 0.3) is 5.91 Å². The van der Waals surface area contributed by atoms with Crippen LogP contribution in [0.4, 0.5) is 0 Å². The molecule has 6 heteroatoms. The summed E-state index contributed by atoms with van der Waals surface area (Å²) >= 11 is 5.74. The van der Waals surface area contributed by atoms with E-state index in [2.05, 4.69) is 5.32 Å². The number of benzene rings is 1. The van der Waals surface area contributed by atoms with Crippen LogP contribution in [0.25, 0.3) is 0 Å². The molecule has 0 aliphatic heterocycles.